The molecule has 1 unspecified atom stereocenters. The lowest BCUT2D eigenvalue weighted by Gasteiger charge is -2.25. The molecule has 0 aromatic carbocycles. The van der Waals surface area contributed by atoms with E-state index >= 15 is 0 Å². The minimum atomic E-state index is -0.479. The highest BCUT2D eigenvalue weighted by atomic mass is 16.5. The van der Waals surface area contributed by atoms with Crippen molar-refractivity contribution in [2.24, 2.45) is 5.92 Å². The van der Waals surface area contributed by atoms with Gasteiger partial charge in [-0.3, -0.25) is 0 Å². The van der Waals surface area contributed by atoms with Crippen molar-refractivity contribution < 1.29 is 9.53 Å². The summed E-state index contributed by atoms with van der Waals surface area (Å²) in [7, 11) is 5.38. The number of likely N-dealkylation sites (N-methyl/N-ethyl adjacent to an activating group) is 1. The number of esters is 1. The Balaban J connectivity index is 2.72. The van der Waals surface area contributed by atoms with Gasteiger partial charge < -0.3 is 15.0 Å². The smallest absolute Gasteiger partial charge is 0.358 e. The number of nitrogens with zero attached hydrogens (tertiary/aromatic N) is 3. The predicted octanol–water partition coefficient (Wildman–Crippen LogP) is 1.26. The van der Waals surface area contributed by atoms with Crippen LogP contribution in [0, 0.1) is 5.92 Å². The Morgan fingerprint density at radius 2 is 2.05 bits per heavy atom. The predicted molar refractivity (Wildman–Crippen MR) is 74.2 cm³/mol. The van der Waals surface area contributed by atoms with Gasteiger partial charge in [-0.25, -0.2) is 14.8 Å². The van der Waals surface area contributed by atoms with Crippen molar-refractivity contribution in [3.63, 3.8) is 0 Å². The molecule has 1 heterocycles. The second-order valence-corrected chi connectivity index (χ2v) is 5.04. The van der Waals surface area contributed by atoms with Crippen molar-refractivity contribution >= 4 is 11.8 Å². The molecule has 0 aliphatic rings. The van der Waals surface area contributed by atoms with Crippen LogP contribution in [0.5, 0.6) is 0 Å². The molecule has 0 bridgehead atoms. The fourth-order valence-electron chi connectivity index (χ4n) is 1.62. The SMILES string of the molecule is COC(=O)c1cnc(NC(CN(C)C)C(C)C)cn1. The van der Waals surface area contributed by atoms with Gasteiger partial charge in [-0.05, 0) is 20.0 Å². The lowest BCUT2D eigenvalue weighted by molar-refractivity contribution is 0.0593. The zero-order chi connectivity index (χ0) is 14.4. The second-order valence-electron chi connectivity index (χ2n) is 5.04. The molecule has 0 radical (unpaired) electrons. The van der Waals surface area contributed by atoms with E-state index in [1.165, 1.54) is 13.3 Å². The second kappa shape index (κ2) is 7.04. The van der Waals surface area contributed by atoms with Crippen LogP contribution in [0.1, 0.15) is 24.3 Å². The number of nitrogens with one attached hydrogen (secondary N) is 1. The number of carbonyl (C=O) groups is 1. The van der Waals surface area contributed by atoms with Gasteiger partial charge in [0, 0.05) is 12.6 Å². The van der Waals surface area contributed by atoms with Crippen LogP contribution >= 0.6 is 0 Å². The van der Waals surface area contributed by atoms with Gasteiger partial charge in [-0.1, -0.05) is 13.8 Å². The average molecular weight is 266 g/mol. The van der Waals surface area contributed by atoms with Crippen LogP contribution in [0.4, 0.5) is 5.82 Å². The Labute approximate surface area is 114 Å². The number of anilines is 1. The Bertz CT molecular complexity index is 404. The summed E-state index contributed by atoms with van der Waals surface area (Å²) in [5, 5.41) is 3.33. The molecule has 1 N–H and O–H groups in total. The van der Waals surface area contributed by atoms with E-state index in [0.717, 1.165) is 6.54 Å². The monoisotopic (exact) mass is 266 g/mol. The Kier molecular flexibility index (Phi) is 5.69. The summed E-state index contributed by atoms with van der Waals surface area (Å²) in [6, 6.07) is 0.272. The molecule has 0 saturated carbocycles. The maximum Gasteiger partial charge on any atom is 0.358 e. The number of methoxy groups -OCH3 is 1. The summed E-state index contributed by atoms with van der Waals surface area (Å²) in [5.41, 5.74) is 0.210. The molecule has 0 saturated heterocycles. The molecule has 0 aliphatic carbocycles. The fraction of sp³-hybridized carbons (Fsp3) is 0.615. The van der Waals surface area contributed by atoms with Gasteiger partial charge >= 0.3 is 5.97 Å². The van der Waals surface area contributed by atoms with Crippen LogP contribution in [0.25, 0.3) is 0 Å². The van der Waals surface area contributed by atoms with Gasteiger partial charge in [0.15, 0.2) is 5.69 Å². The molecular formula is C13H22N4O2. The van der Waals surface area contributed by atoms with Crippen molar-refractivity contribution in [1.29, 1.82) is 0 Å². The molecule has 1 atom stereocenters. The molecule has 19 heavy (non-hydrogen) atoms. The molecule has 1 rings (SSSR count). The van der Waals surface area contributed by atoms with Crippen LogP contribution in [-0.2, 0) is 4.74 Å². The third kappa shape index (κ3) is 4.82. The van der Waals surface area contributed by atoms with Crippen molar-refractivity contribution in [2.45, 2.75) is 19.9 Å². The summed E-state index contributed by atoms with van der Waals surface area (Å²) < 4.78 is 4.58. The molecular weight excluding hydrogens is 244 g/mol. The first-order chi connectivity index (χ1) is 8.93. The highest BCUT2D eigenvalue weighted by molar-refractivity contribution is 5.86. The highest BCUT2D eigenvalue weighted by Crippen LogP contribution is 2.10. The van der Waals surface area contributed by atoms with E-state index in [9.17, 15) is 4.79 Å². The molecule has 1 aromatic heterocycles. The molecule has 6 nitrogen and oxygen atoms in total. The molecule has 6 heteroatoms. The van der Waals surface area contributed by atoms with Gasteiger partial charge in [-0.15, -0.1) is 0 Å². The molecule has 0 fully saturated rings. The van der Waals surface area contributed by atoms with Crippen molar-refractivity contribution in [3.8, 4) is 0 Å². The van der Waals surface area contributed by atoms with Crippen LogP contribution in [-0.4, -0.2) is 54.6 Å². The number of ether oxygens (including phenoxy) is 1. The van der Waals surface area contributed by atoms with Gasteiger partial charge in [0.25, 0.3) is 0 Å². The quantitative estimate of drug-likeness (QED) is 0.782. The van der Waals surface area contributed by atoms with Crippen LogP contribution in [0.3, 0.4) is 0 Å². The lowest BCUT2D eigenvalue weighted by Crippen LogP contribution is -2.36. The number of rotatable bonds is 6. The van der Waals surface area contributed by atoms with Gasteiger partial charge in [-0.2, -0.15) is 0 Å². The summed E-state index contributed by atoms with van der Waals surface area (Å²) in [5.74, 6) is 0.644. The summed E-state index contributed by atoms with van der Waals surface area (Å²) in [6.45, 7) is 5.20. The van der Waals surface area contributed by atoms with E-state index in [0.29, 0.717) is 11.7 Å². The number of hydrogen-bond donors (Lipinski definition) is 1. The topological polar surface area (TPSA) is 67.3 Å². The number of hydrogen-bond acceptors (Lipinski definition) is 6. The Hall–Kier alpha value is -1.69. The van der Waals surface area contributed by atoms with E-state index in [1.54, 1.807) is 6.20 Å². The summed E-state index contributed by atoms with van der Waals surface area (Å²) >= 11 is 0. The third-order valence-corrected chi connectivity index (χ3v) is 2.75. The Morgan fingerprint density at radius 3 is 2.47 bits per heavy atom. The lowest BCUT2D eigenvalue weighted by atomic mass is 10.0. The maximum absolute atomic E-state index is 11.2. The van der Waals surface area contributed by atoms with E-state index < -0.39 is 5.97 Å². The average Bonchev–Trinajstić information content (AvgIpc) is 2.37. The van der Waals surface area contributed by atoms with Gasteiger partial charge in [0.1, 0.15) is 5.82 Å². The fourth-order valence-corrected chi connectivity index (χ4v) is 1.62. The molecule has 0 amide bonds. The van der Waals surface area contributed by atoms with Gasteiger partial charge in [0.05, 0.1) is 19.5 Å². The van der Waals surface area contributed by atoms with E-state index in [4.69, 9.17) is 0 Å². The van der Waals surface area contributed by atoms with Crippen LogP contribution < -0.4 is 5.32 Å². The minimum Gasteiger partial charge on any atom is -0.464 e. The molecule has 106 valence electrons. The number of aromatic nitrogens is 2. The van der Waals surface area contributed by atoms with Crippen molar-refractivity contribution in [2.75, 3.05) is 33.1 Å². The van der Waals surface area contributed by atoms with Crippen LogP contribution in [0.15, 0.2) is 12.4 Å². The van der Waals surface area contributed by atoms with E-state index in [1.807, 2.05) is 14.1 Å². The molecule has 1 aromatic rings. The first-order valence-electron chi connectivity index (χ1n) is 6.25. The van der Waals surface area contributed by atoms with Crippen molar-refractivity contribution in [1.82, 2.24) is 14.9 Å². The molecule has 0 aliphatic heterocycles. The largest absolute Gasteiger partial charge is 0.464 e. The first kappa shape index (κ1) is 15.4. The highest BCUT2D eigenvalue weighted by Gasteiger charge is 2.15. The Morgan fingerprint density at radius 1 is 1.37 bits per heavy atom. The number of carbonyl (C=O) groups excluding carboxylic acids is 1. The van der Waals surface area contributed by atoms with Crippen molar-refractivity contribution in [3.05, 3.63) is 18.1 Å². The van der Waals surface area contributed by atoms with E-state index in [2.05, 4.69) is 38.8 Å². The zero-order valence-corrected chi connectivity index (χ0v) is 12.2. The minimum absolute atomic E-state index is 0.210. The third-order valence-electron chi connectivity index (χ3n) is 2.75. The summed E-state index contributed by atoms with van der Waals surface area (Å²) in [6.07, 6.45) is 2.97. The maximum atomic E-state index is 11.2. The molecule has 0 spiro atoms. The summed E-state index contributed by atoms with van der Waals surface area (Å²) in [4.78, 5) is 21.6. The van der Waals surface area contributed by atoms with Gasteiger partial charge in [0.2, 0.25) is 0 Å². The standard InChI is InChI=1S/C13H22N4O2/c1-9(2)11(8-17(3)4)16-12-7-14-10(6-15-12)13(18)19-5/h6-7,9,11H,8H2,1-5H3,(H,15,16). The first-order valence-corrected chi connectivity index (χ1v) is 6.25. The zero-order valence-electron chi connectivity index (χ0n) is 12.2. The van der Waals surface area contributed by atoms with E-state index in [-0.39, 0.29) is 11.7 Å². The van der Waals surface area contributed by atoms with Crippen LogP contribution in [0.2, 0.25) is 0 Å². The normalized spacial score (nSPS) is 12.6.